The van der Waals surface area contributed by atoms with Crippen LogP contribution in [0.4, 0.5) is 5.00 Å². The van der Waals surface area contributed by atoms with Crippen LogP contribution < -0.4 is 4.90 Å². The third kappa shape index (κ3) is 2.22. The molecular weight excluding hydrogens is 274 g/mol. The summed E-state index contributed by atoms with van der Waals surface area (Å²) in [5, 5.41) is 20.9. The number of amides is 1. The fourth-order valence-electron chi connectivity index (χ4n) is 3.10. The van der Waals surface area contributed by atoms with Gasteiger partial charge < -0.3 is 10.0 Å². The van der Waals surface area contributed by atoms with Gasteiger partial charge in [0, 0.05) is 19.7 Å². The van der Waals surface area contributed by atoms with Gasteiger partial charge in [-0.05, 0) is 36.8 Å². The Balaban J connectivity index is 1.73. The Kier molecular flexibility index (Phi) is 3.74. The molecular formula is C14H17N3O2S. The van der Waals surface area contributed by atoms with Gasteiger partial charge in [-0.15, -0.1) is 11.3 Å². The van der Waals surface area contributed by atoms with E-state index in [1.807, 2.05) is 5.38 Å². The number of rotatable bonds is 3. The number of nitrogens with zero attached hydrogens (tertiary/aromatic N) is 3. The van der Waals surface area contributed by atoms with Crippen LogP contribution in [0.5, 0.6) is 0 Å². The van der Waals surface area contributed by atoms with E-state index in [2.05, 4.69) is 11.0 Å². The Labute approximate surface area is 122 Å². The van der Waals surface area contributed by atoms with Crippen LogP contribution in [0.15, 0.2) is 11.4 Å². The van der Waals surface area contributed by atoms with Gasteiger partial charge >= 0.3 is 0 Å². The molecule has 0 radical (unpaired) electrons. The molecule has 1 aromatic heterocycles. The maximum atomic E-state index is 12.6. The maximum absolute atomic E-state index is 12.6. The number of nitriles is 1. The molecule has 3 rings (SSSR count). The average molecular weight is 291 g/mol. The van der Waals surface area contributed by atoms with Crippen molar-refractivity contribution in [1.29, 1.82) is 5.26 Å². The van der Waals surface area contributed by atoms with Crippen LogP contribution in [0.25, 0.3) is 0 Å². The topological polar surface area (TPSA) is 67.6 Å². The summed E-state index contributed by atoms with van der Waals surface area (Å²) in [6, 6.07) is 3.82. The highest BCUT2D eigenvalue weighted by Gasteiger charge is 2.40. The van der Waals surface area contributed by atoms with E-state index in [4.69, 9.17) is 5.26 Å². The molecule has 6 heteroatoms. The SMILES string of the molecule is N#Cc1ccsc1N1CC[C@@H](N2CC[C@@H](CO)C2)C1=O. The molecule has 0 bridgehead atoms. The first kappa shape index (κ1) is 13.6. The first-order chi connectivity index (χ1) is 9.74. The van der Waals surface area contributed by atoms with Crippen LogP contribution in [0.1, 0.15) is 18.4 Å². The third-order valence-electron chi connectivity index (χ3n) is 4.20. The van der Waals surface area contributed by atoms with Crippen LogP contribution in [0.3, 0.4) is 0 Å². The van der Waals surface area contributed by atoms with Crippen LogP contribution in [-0.4, -0.2) is 48.2 Å². The Morgan fingerprint density at radius 1 is 1.45 bits per heavy atom. The Hall–Kier alpha value is -1.42. The molecule has 5 nitrogen and oxygen atoms in total. The van der Waals surface area contributed by atoms with E-state index in [1.165, 1.54) is 11.3 Å². The van der Waals surface area contributed by atoms with Crippen molar-refractivity contribution in [2.45, 2.75) is 18.9 Å². The monoisotopic (exact) mass is 291 g/mol. The number of aliphatic hydroxyl groups excluding tert-OH is 1. The summed E-state index contributed by atoms with van der Waals surface area (Å²) in [5.74, 6) is 0.399. The van der Waals surface area contributed by atoms with Crippen molar-refractivity contribution in [2.75, 3.05) is 31.1 Å². The van der Waals surface area contributed by atoms with E-state index in [9.17, 15) is 9.90 Å². The van der Waals surface area contributed by atoms with Crippen LogP contribution in [-0.2, 0) is 4.79 Å². The van der Waals surface area contributed by atoms with Crippen molar-refractivity contribution in [3.05, 3.63) is 17.0 Å². The molecule has 2 saturated heterocycles. The minimum Gasteiger partial charge on any atom is -0.396 e. The Bertz CT molecular complexity index is 551. The van der Waals surface area contributed by atoms with Gasteiger partial charge in [0.2, 0.25) is 5.91 Å². The highest BCUT2D eigenvalue weighted by atomic mass is 32.1. The Morgan fingerprint density at radius 2 is 2.30 bits per heavy atom. The lowest BCUT2D eigenvalue weighted by Crippen LogP contribution is -2.40. The average Bonchev–Trinajstić information content (AvgIpc) is 3.16. The Morgan fingerprint density at radius 3 is 3.00 bits per heavy atom. The number of anilines is 1. The van der Waals surface area contributed by atoms with Gasteiger partial charge in [-0.3, -0.25) is 9.69 Å². The zero-order valence-electron chi connectivity index (χ0n) is 11.2. The number of carbonyl (C=O) groups is 1. The van der Waals surface area contributed by atoms with Gasteiger partial charge in [-0.1, -0.05) is 0 Å². The zero-order valence-corrected chi connectivity index (χ0v) is 12.0. The summed E-state index contributed by atoms with van der Waals surface area (Å²) in [6.07, 6.45) is 1.77. The highest BCUT2D eigenvalue weighted by molar-refractivity contribution is 7.14. The number of thiophene rings is 1. The minimum absolute atomic E-state index is 0.0832. The van der Waals surface area contributed by atoms with Crippen molar-refractivity contribution in [3.8, 4) is 6.07 Å². The predicted molar refractivity (Wildman–Crippen MR) is 76.6 cm³/mol. The maximum Gasteiger partial charge on any atom is 0.245 e. The molecule has 2 aliphatic rings. The molecule has 20 heavy (non-hydrogen) atoms. The molecule has 0 unspecified atom stereocenters. The first-order valence-electron chi connectivity index (χ1n) is 6.88. The summed E-state index contributed by atoms with van der Waals surface area (Å²) in [5.41, 5.74) is 0.582. The summed E-state index contributed by atoms with van der Waals surface area (Å²) in [7, 11) is 0. The van der Waals surface area contributed by atoms with E-state index < -0.39 is 0 Å². The van der Waals surface area contributed by atoms with E-state index >= 15 is 0 Å². The van der Waals surface area contributed by atoms with Crippen molar-refractivity contribution < 1.29 is 9.90 Å². The second-order valence-electron chi connectivity index (χ2n) is 5.38. The summed E-state index contributed by atoms with van der Waals surface area (Å²) in [6.45, 7) is 2.56. The van der Waals surface area contributed by atoms with Gasteiger partial charge in [-0.2, -0.15) is 5.26 Å². The van der Waals surface area contributed by atoms with Gasteiger partial charge in [0.15, 0.2) is 0 Å². The molecule has 0 spiro atoms. The largest absolute Gasteiger partial charge is 0.396 e. The number of hydrogen-bond acceptors (Lipinski definition) is 5. The summed E-state index contributed by atoms with van der Waals surface area (Å²) >= 11 is 1.45. The van der Waals surface area contributed by atoms with Gasteiger partial charge in [0.05, 0.1) is 11.6 Å². The van der Waals surface area contributed by atoms with Gasteiger partial charge in [-0.25, -0.2) is 0 Å². The lowest BCUT2D eigenvalue weighted by Gasteiger charge is -2.22. The van der Waals surface area contributed by atoms with Crippen molar-refractivity contribution in [1.82, 2.24) is 4.90 Å². The van der Waals surface area contributed by atoms with Crippen molar-refractivity contribution in [2.24, 2.45) is 5.92 Å². The van der Waals surface area contributed by atoms with Crippen LogP contribution in [0, 0.1) is 17.2 Å². The standard InChI is InChI=1S/C14H17N3O2S/c15-7-11-3-6-20-14(11)17-5-2-12(13(17)19)16-4-1-10(8-16)9-18/h3,6,10,12,18H,1-2,4-5,8-9H2/t10-,12-/m1/s1. The fourth-order valence-corrected chi connectivity index (χ4v) is 3.98. The van der Waals surface area contributed by atoms with Crippen LogP contribution in [0.2, 0.25) is 0 Å². The lowest BCUT2D eigenvalue weighted by atomic mass is 10.1. The number of likely N-dealkylation sites (tertiary alicyclic amines) is 1. The van der Waals surface area contributed by atoms with E-state index in [-0.39, 0.29) is 18.6 Å². The number of aliphatic hydroxyl groups is 1. The third-order valence-corrected chi connectivity index (χ3v) is 5.14. The molecule has 1 N–H and O–H groups in total. The van der Waals surface area contributed by atoms with Crippen molar-refractivity contribution >= 4 is 22.2 Å². The van der Waals surface area contributed by atoms with E-state index in [1.54, 1.807) is 11.0 Å². The molecule has 2 fully saturated rings. The van der Waals surface area contributed by atoms with Gasteiger partial charge in [0.1, 0.15) is 11.1 Å². The van der Waals surface area contributed by atoms with Crippen molar-refractivity contribution in [3.63, 3.8) is 0 Å². The number of carbonyl (C=O) groups excluding carboxylic acids is 1. The molecule has 2 atom stereocenters. The quantitative estimate of drug-likeness (QED) is 0.903. The molecule has 106 valence electrons. The second-order valence-corrected chi connectivity index (χ2v) is 6.27. The zero-order chi connectivity index (χ0) is 14.1. The summed E-state index contributed by atoms with van der Waals surface area (Å²) in [4.78, 5) is 16.5. The van der Waals surface area contributed by atoms with E-state index in [0.717, 1.165) is 30.9 Å². The lowest BCUT2D eigenvalue weighted by molar-refractivity contribution is -0.121. The number of hydrogen-bond donors (Lipinski definition) is 1. The molecule has 2 aliphatic heterocycles. The summed E-state index contributed by atoms with van der Waals surface area (Å²) < 4.78 is 0. The normalized spacial score (nSPS) is 27.2. The predicted octanol–water partition coefficient (Wildman–Crippen LogP) is 1.04. The van der Waals surface area contributed by atoms with Crippen LogP contribution >= 0.6 is 11.3 Å². The molecule has 1 aromatic rings. The second kappa shape index (κ2) is 5.52. The fraction of sp³-hybridized carbons (Fsp3) is 0.571. The molecule has 0 saturated carbocycles. The minimum atomic E-state index is -0.0832. The first-order valence-corrected chi connectivity index (χ1v) is 7.76. The van der Waals surface area contributed by atoms with Gasteiger partial charge in [0.25, 0.3) is 0 Å². The molecule has 0 aliphatic carbocycles. The molecule has 1 amide bonds. The smallest absolute Gasteiger partial charge is 0.245 e. The van der Waals surface area contributed by atoms with E-state index in [0.29, 0.717) is 18.0 Å². The molecule has 3 heterocycles. The molecule has 0 aromatic carbocycles. The highest BCUT2D eigenvalue weighted by Crippen LogP contribution is 2.33.